The molecule has 4 fully saturated rings. The molecule has 2 aromatic heterocycles. The van der Waals surface area contributed by atoms with E-state index in [4.69, 9.17) is 9.72 Å². The van der Waals surface area contributed by atoms with Crippen LogP contribution >= 0.6 is 11.3 Å². The Labute approximate surface area is 174 Å². The summed E-state index contributed by atoms with van der Waals surface area (Å²) in [6.07, 6.45) is 5.77. The summed E-state index contributed by atoms with van der Waals surface area (Å²) >= 11 is 1.61. The van der Waals surface area contributed by atoms with E-state index in [1.54, 1.807) is 11.3 Å². The fourth-order valence-electron chi connectivity index (χ4n) is 6.12. The number of aryl methyl sites for hydroxylation is 1. The van der Waals surface area contributed by atoms with Gasteiger partial charge in [0, 0.05) is 23.5 Å². The zero-order valence-electron chi connectivity index (χ0n) is 16.6. The highest BCUT2D eigenvalue weighted by Crippen LogP contribution is 2.69. The molecule has 6 rings (SSSR count). The Bertz CT molecular complexity index is 930. The third-order valence-electron chi connectivity index (χ3n) is 7.36. The molecule has 3 heterocycles. The Morgan fingerprint density at radius 3 is 2.86 bits per heavy atom. The topological polar surface area (TPSA) is 67.4 Å². The third kappa shape index (κ3) is 3.06. The summed E-state index contributed by atoms with van der Waals surface area (Å²) in [5, 5.41) is 4.11. The van der Waals surface area contributed by atoms with Crippen LogP contribution < -0.4 is 5.32 Å². The summed E-state index contributed by atoms with van der Waals surface area (Å²) in [7, 11) is 0. The van der Waals surface area contributed by atoms with Crippen LogP contribution in [0.5, 0.6) is 0 Å². The van der Waals surface area contributed by atoms with Gasteiger partial charge in [-0.05, 0) is 62.0 Å². The van der Waals surface area contributed by atoms with Gasteiger partial charge in [-0.2, -0.15) is 0 Å². The molecule has 152 valence electrons. The molecule has 1 amide bonds. The van der Waals surface area contributed by atoms with Crippen LogP contribution in [0.4, 0.5) is 10.9 Å². The Hall–Kier alpha value is -1.99. The van der Waals surface area contributed by atoms with Gasteiger partial charge in [0.15, 0.2) is 5.13 Å². The Morgan fingerprint density at radius 2 is 2.10 bits per heavy atom. The zero-order valence-corrected chi connectivity index (χ0v) is 17.4. The van der Waals surface area contributed by atoms with Gasteiger partial charge < -0.3 is 15.0 Å². The molecule has 4 aliphatic rings. The fraction of sp³-hybridized carbons (Fsp3) is 0.591. The zero-order chi connectivity index (χ0) is 19.5. The van der Waals surface area contributed by atoms with Crippen molar-refractivity contribution in [2.24, 2.45) is 29.6 Å². The number of hydrogen-bond acceptors (Lipinski definition) is 6. The second-order valence-electron chi connectivity index (χ2n) is 9.01. The van der Waals surface area contributed by atoms with Crippen LogP contribution in [-0.4, -0.2) is 40.5 Å². The lowest BCUT2D eigenvalue weighted by molar-refractivity contribution is -0.141. The van der Waals surface area contributed by atoms with Gasteiger partial charge in [-0.25, -0.2) is 9.97 Å². The summed E-state index contributed by atoms with van der Waals surface area (Å²) in [5.41, 5.74) is 0.872. The van der Waals surface area contributed by atoms with Crippen LogP contribution in [0.3, 0.4) is 0 Å². The standard InChI is InChI=1S/C22H26N4O2S/c1-12-10-23-22(29-12)25-17-4-2-3-15(24-17)16-11-26(7-8-28-16)21(27)20-18-13-5-6-14(9-13)19(18)20/h2-4,10,13-14,16,18-20H,5-9,11H2,1H3,(H,23,24,25). The molecule has 0 aromatic carbocycles. The molecule has 1 aliphatic heterocycles. The summed E-state index contributed by atoms with van der Waals surface area (Å²) in [6.45, 7) is 3.93. The molecule has 29 heavy (non-hydrogen) atoms. The summed E-state index contributed by atoms with van der Waals surface area (Å²) in [5.74, 6) is 4.47. The van der Waals surface area contributed by atoms with E-state index in [2.05, 4.69) is 10.3 Å². The average molecular weight is 411 g/mol. The van der Waals surface area contributed by atoms with E-state index in [9.17, 15) is 4.79 Å². The number of nitrogens with zero attached hydrogens (tertiary/aromatic N) is 3. The van der Waals surface area contributed by atoms with E-state index in [-0.39, 0.29) is 6.10 Å². The number of hydrogen-bond donors (Lipinski definition) is 1. The predicted octanol–water partition coefficient (Wildman–Crippen LogP) is 3.78. The lowest BCUT2D eigenvalue weighted by atomic mass is 10.0. The van der Waals surface area contributed by atoms with Gasteiger partial charge in [0.1, 0.15) is 11.9 Å². The maximum absolute atomic E-state index is 13.2. The smallest absolute Gasteiger partial charge is 0.226 e. The van der Waals surface area contributed by atoms with Gasteiger partial charge in [0.2, 0.25) is 5.91 Å². The van der Waals surface area contributed by atoms with Crippen molar-refractivity contribution in [3.8, 4) is 0 Å². The molecule has 2 bridgehead atoms. The van der Waals surface area contributed by atoms with Crippen LogP contribution in [0, 0.1) is 36.5 Å². The van der Waals surface area contributed by atoms with Crippen LogP contribution in [0.1, 0.15) is 35.9 Å². The van der Waals surface area contributed by atoms with Crippen molar-refractivity contribution < 1.29 is 9.53 Å². The Morgan fingerprint density at radius 1 is 1.28 bits per heavy atom. The van der Waals surface area contributed by atoms with Gasteiger partial charge in [-0.3, -0.25) is 4.79 Å². The SMILES string of the molecule is Cc1cnc(Nc2cccc(C3CN(C(=O)C4C5C6CCC(C6)C45)CCO3)n2)s1. The molecule has 0 spiro atoms. The number of nitrogens with one attached hydrogen (secondary N) is 1. The van der Waals surface area contributed by atoms with Gasteiger partial charge in [-0.15, -0.1) is 11.3 Å². The monoisotopic (exact) mass is 410 g/mol. The lowest BCUT2D eigenvalue weighted by Crippen LogP contribution is -2.44. The molecule has 7 heteroatoms. The maximum Gasteiger partial charge on any atom is 0.226 e. The van der Waals surface area contributed by atoms with E-state index in [1.807, 2.05) is 36.2 Å². The second kappa shape index (κ2) is 6.77. The molecule has 5 atom stereocenters. The molecule has 1 saturated heterocycles. The minimum Gasteiger partial charge on any atom is -0.368 e. The maximum atomic E-state index is 13.2. The van der Waals surface area contributed by atoms with Crippen molar-refractivity contribution >= 4 is 28.2 Å². The summed E-state index contributed by atoms with van der Waals surface area (Å²) < 4.78 is 6.01. The normalized spacial score (nSPS) is 34.9. The van der Waals surface area contributed by atoms with Crippen molar-refractivity contribution in [2.75, 3.05) is 25.0 Å². The van der Waals surface area contributed by atoms with Crippen LogP contribution in [0.2, 0.25) is 0 Å². The molecule has 3 aliphatic carbocycles. The van der Waals surface area contributed by atoms with E-state index in [0.29, 0.717) is 43.4 Å². The van der Waals surface area contributed by atoms with Crippen molar-refractivity contribution in [3.05, 3.63) is 35.0 Å². The van der Waals surface area contributed by atoms with Gasteiger partial charge in [0.05, 0.1) is 18.8 Å². The number of carbonyl (C=O) groups excluding carboxylic acids is 1. The van der Waals surface area contributed by atoms with Gasteiger partial charge >= 0.3 is 0 Å². The summed E-state index contributed by atoms with van der Waals surface area (Å²) in [6, 6.07) is 5.91. The first kappa shape index (κ1) is 17.8. The van der Waals surface area contributed by atoms with Crippen molar-refractivity contribution in [1.29, 1.82) is 0 Å². The molecular formula is C22H26N4O2S. The minimum atomic E-state index is -0.164. The van der Waals surface area contributed by atoms with Crippen molar-refractivity contribution in [3.63, 3.8) is 0 Å². The molecular weight excluding hydrogens is 384 g/mol. The second-order valence-corrected chi connectivity index (χ2v) is 10.2. The number of carbonyl (C=O) groups is 1. The quantitative estimate of drug-likeness (QED) is 0.831. The number of thiazole rings is 1. The van der Waals surface area contributed by atoms with Crippen LogP contribution in [0.15, 0.2) is 24.4 Å². The number of pyridine rings is 1. The highest BCUT2D eigenvalue weighted by molar-refractivity contribution is 7.15. The van der Waals surface area contributed by atoms with E-state index >= 15 is 0 Å². The van der Waals surface area contributed by atoms with Crippen LogP contribution in [-0.2, 0) is 9.53 Å². The first-order valence-corrected chi connectivity index (χ1v) is 11.6. The summed E-state index contributed by atoms with van der Waals surface area (Å²) in [4.78, 5) is 25.5. The molecule has 1 N–H and O–H groups in total. The number of morpholine rings is 1. The largest absolute Gasteiger partial charge is 0.368 e. The third-order valence-corrected chi connectivity index (χ3v) is 8.18. The Kier molecular flexibility index (Phi) is 4.17. The number of anilines is 2. The Balaban J connectivity index is 1.14. The first-order valence-electron chi connectivity index (χ1n) is 10.7. The van der Waals surface area contributed by atoms with Crippen LogP contribution in [0.25, 0.3) is 0 Å². The fourth-order valence-corrected chi connectivity index (χ4v) is 6.79. The predicted molar refractivity (Wildman–Crippen MR) is 111 cm³/mol. The molecule has 0 radical (unpaired) electrons. The van der Waals surface area contributed by atoms with Crippen molar-refractivity contribution in [2.45, 2.75) is 32.3 Å². The number of fused-ring (bicyclic) bond motifs is 5. The molecule has 5 unspecified atom stereocenters. The minimum absolute atomic E-state index is 0.164. The number of rotatable bonds is 4. The lowest BCUT2D eigenvalue weighted by Gasteiger charge is -2.33. The molecule has 3 saturated carbocycles. The number of amides is 1. The average Bonchev–Trinajstić information content (AvgIpc) is 3.02. The van der Waals surface area contributed by atoms with E-state index in [0.717, 1.165) is 33.4 Å². The van der Waals surface area contributed by atoms with E-state index in [1.165, 1.54) is 19.3 Å². The first-order chi connectivity index (χ1) is 14.2. The van der Waals surface area contributed by atoms with Crippen molar-refractivity contribution in [1.82, 2.24) is 14.9 Å². The van der Waals surface area contributed by atoms with Gasteiger partial charge in [-0.1, -0.05) is 6.07 Å². The number of ether oxygens (including phenoxy) is 1. The molecule has 2 aromatic rings. The van der Waals surface area contributed by atoms with E-state index < -0.39 is 0 Å². The number of aromatic nitrogens is 2. The highest BCUT2D eigenvalue weighted by atomic mass is 32.1. The highest BCUT2D eigenvalue weighted by Gasteiger charge is 2.68. The molecule has 6 nitrogen and oxygen atoms in total. The van der Waals surface area contributed by atoms with Gasteiger partial charge in [0.25, 0.3) is 0 Å².